The van der Waals surface area contributed by atoms with Crippen LogP contribution in [0.1, 0.15) is 0 Å². The third-order valence-electron chi connectivity index (χ3n) is 1.04. The molecule has 0 aliphatic rings. The van der Waals surface area contributed by atoms with Gasteiger partial charge in [-0.05, 0) is 0 Å². The van der Waals surface area contributed by atoms with Crippen molar-refractivity contribution in [3.63, 3.8) is 0 Å². The molecule has 1 aromatic rings. The van der Waals surface area contributed by atoms with Gasteiger partial charge in [0.1, 0.15) is 12.8 Å². The van der Waals surface area contributed by atoms with Crippen molar-refractivity contribution in [1.29, 1.82) is 0 Å². The number of carbonyl (C=O) groups is 1. The zero-order valence-corrected chi connectivity index (χ0v) is 6.03. The number of hydrogen-bond acceptors (Lipinski definition) is 5. The highest BCUT2D eigenvalue weighted by molar-refractivity contribution is 5.73. The fraction of sp³-hybridized carbons (Fsp3) is 0.333. The first kappa shape index (κ1) is 7.59. The highest BCUT2D eigenvalue weighted by Gasteiger charge is 2.00. The molecule has 0 aliphatic carbocycles. The maximum absolute atomic E-state index is 10.6. The third kappa shape index (κ3) is 2.29. The highest BCUT2D eigenvalue weighted by Crippen LogP contribution is 1.99. The summed E-state index contributed by atoms with van der Waals surface area (Å²) in [5.41, 5.74) is 0. The van der Waals surface area contributed by atoms with Gasteiger partial charge < -0.3 is 14.5 Å². The molecule has 11 heavy (non-hydrogen) atoms. The number of esters is 1. The van der Waals surface area contributed by atoms with Crippen LogP contribution in [0.3, 0.4) is 0 Å². The topological polar surface area (TPSA) is 64.4 Å². The second-order valence-corrected chi connectivity index (χ2v) is 1.77. The summed E-state index contributed by atoms with van der Waals surface area (Å²) >= 11 is 0. The first-order chi connectivity index (χ1) is 5.33. The summed E-state index contributed by atoms with van der Waals surface area (Å²) in [6, 6.07) is 0.315. The van der Waals surface area contributed by atoms with Crippen molar-refractivity contribution in [1.82, 2.24) is 4.98 Å². The molecule has 0 aliphatic heterocycles. The Morgan fingerprint density at radius 3 is 3.27 bits per heavy atom. The predicted molar refractivity (Wildman–Crippen MR) is 37.0 cm³/mol. The molecule has 1 heterocycles. The SMILES string of the molecule is COC(=O)CNc1ncco1. The van der Waals surface area contributed by atoms with E-state index in [0.717, 1.165) is 0 Å². The molecule has 0 fully saturated rings. The minimum absolute atomic E-state index is 0.0665. The summed E-state index contributed by atoms with van der Waals surface area (Å²) in [4.78, 5) is 14.3. The van der Waals surface area contributed by atoms with Crippen LogP contribution < -0.4 is 5.32 Å². The molecule has 0 saturated carbocycles. The van der Waals surface area contributed by atoms with Crippen molar-refractivity contribution in [2.24, 2.45) is 0 Å². The quantitative estimate of drug-likeness (QED) is 0.636. The molecule has 0 spiro atoms. The lowest BCUT2D eigenvalue weighted by Gasteiger charge is -1.97. The third-order valence-corrected chi connectivity index (χ3v) is 1.04. The van der Waals surface area contributed by atoms with Gasteiger partial charge in [0, 0.05) is 0 Å². The van der Waals surface area contributed by atoms with Crippen LogP contribution >= 0.6 is 0 Å². The number of carbonyl (C=O) groups excluding carboxylic acids is 1. The second kappa shape index (κ2) is 3.60. The van der Waals surface area contributed by atoms with Crippen LogP contribution in [-0.2, 0) is 9.53 Å². The summed E-state index contributed by atoms with van der Waals surface area (Å²) in [7, 11) is 1.32. The van der Waals surface area contributed by atoms with Crippen LogP contribution in [0.5, 0.6) is 0 Å². The normalized spacial score (nSPS) is 9.18. The summed E-state index contributed by atoms with van der Waals surface area (Å²) in [6.07, 6.45) is 2.90. The Hall–Kier alpha value is -1.52. The number of methoxy groups -OCH3 is 1. The minimum Gasteiger partial charge on any atom is -0.468 e. The highest BCUT2D eigenvalue weighted by atomic mass is 16.5. The van der Waals surface area contributed by atoms with Gasteiger partial charge in [0.15, 0.2) is 0 Å². The number of hydrogen-bond donors (Lipinski definition) is 1. The number of aromatic nitrogens is 1. The van der Waals surface area contributed by atoms with Gasteiger partial charge in [-0.2, -0.15) is 0 Å². The molecule has 0 saturated heterocycles. The van der Waals surface area contributed by atoms with E-state index in [0.29, 0.717) is 6.01 Å². The van der Waals surface area contributed by atoms with E-state index in [9.17, 15) is 4.79 Å². The Morgan fingerprint density at radius 2 is 2.73 bits per heavy atom. The van der Waals surface area contributed by atoms with Crippen LogP contribution in [0, 0.1) is 0 Å². The lowest BCUT2D eigenvalue weighted by atomic mass is 10.6. The van der Waals surface area contributed by atoms with Gasteiger partial charge in [-0.25, -0.2) is 4.98 Å². The lowest BCUT2D eigenvalue weighted by molar-refractivity contribution is -0.138. The van der Waals surface area contributed by atoms with Crippen LogP contribution in [0.25, 0.3) is 0 Å². The summed E-state index contributed by atoms with van der Waals surface area (Å²) < 4.78 is 9.18. The van der Waals surface area contributed by atoms with Crippen molar-refractivity contribution in [3.8, 4) is 0 Å². The van der Waals surface area contributed by atoms with E-state index >= 15 is 0 Å². The molecule has 1 N–H and O–H groups in total. The molecule has 0 radical (unpaired) electrons. The molecule has 0 bridgehead atoms. The van der Waals surface area contributed by atoms with Gasteiger partial charge in [-0.15, -0.1) is 0 Å². The predicted octanol–water partition coefficient (Wildman–Crippen LogP) is 0.259. The van der Waals surface area contributed by atoms with Gasteiger partial charge in [-0.3, -0.25) is 4.79 Å². The first-order valence-corrected chi connectivity index (χ1v) is 3.03. The zero-order chi connectivity index (χ0) is 8.10. The van der Waals surface area contributed by atoms with Crippen molar-refractivity contribution in [3.05, 3.63) is 12.5 Å². The van der Waals surface area contributed by atoms with Gasteiger partial charge in [-0.1, -0.05) is 0 Å². The van der Waals surface area contributed by atoms with Crippen molar-refractivity contribution in [2.75, 3.05) is 19.0 Å². The van der Waals surface area contributed by atoms with Crippen LogP contribution in [-0.4, -0.2) is 24.6 Å². The summed E-state index contributed by atoms with van der Waals surface area (Å²) in [5, 5.41) is 2.62. The average molecular weight is 156 g/mol. The van der Waals surface area contributed by atoms with Crippen LogP contribution in [0.15, 0.2) is 16.9 Å². The Morgan fingerprint density at radius 1 is 1.91 bits per heavy atom. The zero-order valence-electron chi connectivity index (χ0n) is 6.03. The maximum Gasteiger partial charge on any atom is 0.325 e. The number of anilines is 1. The van der Waals surface area contributed by atoms with E-state index in [4.69, 9.17) is 4.42 Å². The summed E-state index contributed by atoms with van der Waals surface area (Å²) in [6.45, 7) is 0.0665. The molecule has 0 amide bonds. The molecule has 0 atom stereocenters. The van der Waals surface area contributed by atoms with Crippen molar-refractivity contribution >= 4 is 12.0 Å². The van der Waals surface area contributed by atoms with Gasteiger partial charge in [0.2, 0.25) is 0 Å². The van der Waals surface area contributed by atoms with E-state index in [1.807, 2.05) is 0 Å². The minimum atomic E-state index is -0.358. The lowest BCUT2D eigenvalue weighted by Crippen LogP contribution is -2.14. The van der Waals surface area contributed by atoms with E-state index in [2.05, 4.69) is 15.0 Å². The Labute approximate surface area is 63.4 Å². The number of ether oxygens (including phenoxy) is 1. The number of oxazole rings is 1. The van der Waals surface area contributed by atoms with Gasteiger partial charge >= 0.3 is 5.97 Å². The maximum atomic E-state index is 10.6. The fourth-order valence-electron chi connectivity index (χ4n) is 0.531. The smallest absolute Gasteiger partial charge is 0.325 e. The molecular weight excluding hydrogens is 148 g/mol. The Kier molecular flexibility index (Phi) is 2.48. The van der Waals surface area contributed by atoms with E-state index in [1.165, 1.54) is 19.6 Å². The molecule has 0 unspecified atom stereocenters. The Balaban J connectivity index is 2.29. The standard InChI is InChI=1S/C6H8N2O3/c1-10-5(9)4-8-6-7-2-3-11-6/h2-3H,4H2,1H3,(H,7,8). The molecule has 60 valence electrons. The monoisotopic (exact) mass is 156 g/mol. The van der Waals surface area contributed by atoms with Crippen LogP contribution in [0.4, 0.5) is 6.01 Å². The van der Waals surface area contributed by atoms with E-state index in [1.54, 1.807) is 0 Å². The van der Waals surface area contributed by atoms with Crippen molar-refractivity contribution in [2.45, 2.75) is 0 Å². The number of nitrogens with zero attached hydrogens (tertiary/aromatic N) is 1. The first-order valence-electron chi connectivity index (χ1n) is 3.03. The van der Waals surface area contributed by atoms with Crippen LogP contribution in [0.2, 0.25) is 0 Å². The van der Waals surface area contributed by atoms with Gasteiger partial charge in [0.05, 0.1) is 13.3 Å². The molecule has 1 rings (SSSR count). The molecule has 1 aromatic heterocycles. The molecule has 5 heteroatoms. The largest absolute Gasteiger partial charge is 0.468 e. The van der Waals surface area contributed by atoms with E-state index < -0.39 is 0 Å². The van der Waals surface area contributed by atoms with E-state index in [-0.39, 0.29) is 12.5 Å². The van der Waals surface area contributed by atoms with Gasteiger partial charge in [0.25, 0.3) is 6.01 Å². The molecular formula is C6H8N2O3. The number of rotatable bonds is 3. The fourth-order valence-corrected chi connectivity index (χ4v) is 0.531. The second-order valence-electron chi connectivity index (χ2n) is 1.77. The Bertz CT molecular complexity index is 220. The molecule has 5 nitrogen and oxygen atoms in total. The van der Waals surface area contributed by atoms with Crippen molar-refractivity contribution < 1.29 is 13.9 Å². The average Bonchev–Trinajstić information content (AvgIpc) is 2.52. The summed E-state index contributed by atoms with van der Waals surface area (Å²) in [5.74, 6) is -0.358. The molecule has 0 aromatic carbocycles. The number of nitrogens with one attached hydrogen (secondary N) is 1.